The van der Waals surface area contributed by atoms with Gasteiger partial charge in [-0.2, -0.15) is 0 Å². The number of hydrogen-bond acceptors (Lipinski definition) is 5. The number of carbonyl (C=O) groups is 4. The van der Waals surface area contributed by atoms with Gasteiger partial charge in [0.05, 0.1) is 12.6 Å². The lowest BCUT2D eigenvalue weighted by molar-refractivity contribution is -0.138. The summed E-state index contributed by atoms with van der Waals surface area (Å²) in [5, 5.41) is 2.93. The largest absolute Gasteiger partial charge is 0.340 e. The van der Waals surface area contributed by atoms with Crippen LogP contribution in [0.15, 0.2) is 48.8 Å². The predicted octanol–water partition coefficient (Wildman–Crippen LogP) is 3.22. The van der Waals surface area contributed by atoms with Gasteiger partial charge in [-0.15, -0.1) is 0 Å². The summed E-state index contributed by atoms with van der Waals surface area (Å²) in [5.41, 5.74) is 2.04. The second kappa shape index (κ2) is 10.4. The zero-order chi connectivity index (χ0) is 26.9. The molecule has 0 radical (unpaired) electrons. The molecule has 0 bridgehead atoms. The Labute approximate surface area is 218 Å². The second-order valence-corrected chi connectivity index (χ2v) is 11.5. The van der Waals surface area contributed by atoms with Crippen molar-refractivity contribution in [1.82, 2.24) is 20.1 Å². The van der Waals surface area contributed by atoms with E-state index in [-0.39, 0.29) is 47.4 Å². The zero-order valence-corrected chi connectivity index (χ0v) is 22.2. The summed E-state index contributed by atoms with van der Waals surface area (Å²) in [4.78, 5) is 60.0. The van der Waals surface area contributed by atoms with Crippen molar-refractivity contribution < 1.29 is 19.2 Å². The maximum Gasteiger partial charge on any atom is 0.254 e. The summed E-state index contributed by atoms with van der Waals surface area (Å²) >= 11 is 0. The van der Waals surface area contributed by atoms with Crippen LogP contribution in [0.5, 0.6) is 0 Å². The average molecular weight is 505 g/mol. The fourth-order valence-corrected chi connectivity index (χ4v) is 5.26. The van der Waals surface area contributed by atoms with Crippen LogP contribution in [0.25, 0.3) is 0 Å². The van der Waals surface area contributed by atoms with E-state index in [4.69, 9.17) is 0 Å². The van der Waals surface area contributed by atoms with Crippen molar-refractivity contribution in [2.75, 3.05) is 13.1 Å². The highest BCUT2D eigenvalue weighted by molar-refractivity contribution is 6.03. The smallest absolute Gasteiger partial charge is 0.254 e. The van der Waals surface area contributed by atoms with Gasteiger partial charge in [-0.3, -0.25) is 24.2 Å². The molecule has 3 heterocycles. The molecule has 0 aliphatic carbocycles. The van der Waals surface area contributed by atoms with Crippen LogP contribution in [0.1, 0.15) is 73.7 Å². The molecule has 8 heteroatoms. The molecule has 1 aromatic heterocycles. The van der Waals surface area contributed by atoms with E-state index in [0.717, 1.165) is 5.56 Å². The van der Waals surface area contributed by atoms with Gasteiger partial charge in [0.2, 0.25) is 5.91 Å². The number of nitrogens with zero attached hydrogens (tertiary/aromatic N) is 3. The van der Waals surface area contributed by atoms with Crippen molar-refractivity contribution in [3.05, 3.63) is 65.5 Å². The summed E-state index contributed by atoms with van der Waals surface area (Å²) in [6.07, 6.45) is 4.06. The molecular formula is C29H36N4O4. The van der Waals surface area contributed by atoms with E-state index in [1.54, 1.807) is 46.5 Å². The lowest BCUT2D eigenvalue weighted by Gasteiger charge is -2.29. The molecule has 3 amide bonds. The summed E-state index contributed by atoms with van der Waals surface area (Å²) in [7, 11) is 0. The Hall–Kier alpha value is -3.55. The highest BCUT2D eigenvalue weighted by Gasteiger charge is 2.52. The molecular weight excluding hydrogens is 468 g/mol. The van der Waals surface area contributed by atoms with Crippen LogP contribution < -0.4 is 5.32 Å². The Bertz CT molecular complexity index is 1170. The highest BCUT2D eigenvalue weighted by Crippen LogP contribution is 2.32. The number of rotatable bonds is 6. The van der Waals surface area contributed by atoms with E-state index in [0.29, 0.717) is 30.5 Å². The number of nitrogens with one attached hydrogen (secondary N) is 1. The van der Waals surface area contributed by atoms with Gasteiger partial charge in [-0.25, -0.2) is 0 Å². The molecule has 2 unspecified atom stereocenters. The first-order valence-corrected chi connectivity index (χ1v) is 12.9. The van der Waals surface area contributed by atoms with Crippen molar-refractivity contribution in [2.24, 2.45) is 5.92 Å². The first kappa shape index (κ1) is 26.5. The maximum atomic E-state index is 13.7. The van der Waals surface area contributed by atoms with Crippen molar-refractivity contribution >= 4 is 23.5 Å². The van der Waals surface area contributed by atoms with Gasteiger partial charge in [0, 0.05) is 30.1 Å². The lowest BCUT2D eigenvalue weighted by atomic mass is 9.86. The first-order chi connectivity index (χ1) is 17.5. The third-order valence-corrected chi connectivity index (χ3v) is 7.22. The first-order valence-electron chi connectivity index (χ1n) is 12.9. The minimum absolute atomic E-state index is 0.0262. The van der Waals surface area contributed by atoms with E-state index < -0.39 is 12.1 Å². The van der Waals surface area contributed by atoms with Crippen LogP contribution in [-0.2, 0) is 15.0 Å². The summed E-state index contributed by atoms with van der Waals surface area (Å²) in [6.45, 7) is 10.7. The Morgan fingerprint density at radius 3 is 2.24 bits per heavy atom. The van der Waals surface area contributed by atoms with E-state index in [1.165, 1.54) is 0 Å². The Morgan fingerprint density at radius 1 is 1.00 bits per heavy atom. The number of benzene rings is 1. The second-order valence-electron chi connectivity index (χ2n) is 11.5. The SMILES string of the molecule is CC(C)C[C@H](NC(=O)c1ccc(C(C)(C)C)cc1)C(=O)N1CCC2C1C(=O)CN2C(=O)c1ccncc1. The molecule has 0 spiro atoms. The summed E-state index contributed by atoms with van der Waals surface area (Å²) in [5.74, 6) is -0.816. The summed E-state index contributed by atoms with van der Waals surface area (Å²) in [6, 6.07) is 8.87. The average Bonchev–Trinajstić information content (AvgIpc) is 3.44. The topological polar surface area (TPSA) is 99.7 Å². The molecule has 1 N–H and O–H groups in total. The lowest BCUT2D eigenvalue weighted by Crippen LogP contribution is -2.53. The van der Waals surface area contributed by atoms with Crippen LogP contribution in [0.3, 0.4) is 0 Å². The van der Waals surface area contributed by atoms with Crippen molar-refractivity contribution in [1.29, 1.82) is 0 Å². The number of ketones is 1. The third kappa shape index (κ3) is 5.58. The van der Waals surface area contributed by atoms with Crippen molar-refractivity contribution in [3.8, 4) is 0 Å². The van der Waals surface area contributed by atoms with E-state index in [2.05, 4.69) is 31.1 Å². The molecule has 2 aliphatic rings. The van der Waals surface area contributed by atoms with Crippen LogP contribution in [0.2, 0.25) is 0 Å². The number of amides is 3. The Kier molecular flexibility index (Phi) is 7.48. The van der Waals surface area contributed by atoms with Gasteiger partial charge >= 0.3 is 0 Å². The normalized spacial score (nSPS) is 20.2. The van der Waals surface area contributed by atoms with Gasteiger partial charge in [0.15, 0.2) is 5.78 Å². The van der Waals surface area contributed by atoms with E-state index in [9.17, 15) is 19.2 Å². The van der Waals surface area contributed by atoms with Gasteiger partial charge in [-0.05, 0) is 54.0 Å². The Balaban J connectivity index is 1.50. The molecule has 4 rings (SSSR count). The van der Waals surface area contributed by atoms with Gasteiger partial charge in [-0.1, -0.05) is 46.8 Å². The van der Waals surface area contributed by atoms with E-state index in [1.807, 2.05) is 26.0 Å². The van der Waals surface area contributed by atoms with Crippen LogP contribution in [0.4, 0.5) is 0 Å². The monoisotopic (exact) mass is 504 g/mol. The quantitative estimate of drug-likeness (QED) is 0.651. The van der Waals surface area contributed by atoms with Crippen LogP contribution >= 0.6 is 0 Å². The molecule has 2 fully saturated rings. The maximum absolute atomic E-state index is 13.7. The van der Waals surface area contributed by atoms with Crippen molar-refractivity contribution in [3.63, 3.8) is 0 Å². The number of Topliss-reactive ketones (excluding diaryl/α,β-unsaturated/α-hetero) is 1. The number of hydrogen-bond donors (Lipinski definition) is 1. The standard InChI is InChI=1S/C29H36N4O4/c1-18(2)16-22(31-26(35)19-6-8-21(9-7-19)29(3,4)5)28(37)32-15-12-23-25(32)24(34)17-33(23)27(36)20-10-13-30-14-11-20/h6-11,13-14,18,22-23,25H,12,15-17H2,1-5H3,(H,31,35)/t22-,23?,25?/m0/s1. The number of carbonyl (C=O) groups excluding carboxylic acids is 4. The molecule has 2 aromatic rings. The number of pyridine rings is 1. The fourth-order valence-electron chi connectivity index (χ4n) is 5.26. The molecule has 196 valence electrons. The molecule has 1 aromatic carbocycles. The minimum Gasteiger partial charge on any atom is -0.340 e. The molecule has 0 saturated carbocycles. The van der Waals surface area contributed by atoms with Gasteiger partial charge in [0.1, 0.15) is 12.1 Å². The summed E-state index contributed by atoms with van der Waals surface area (Å²) < 4.78 is 0. The van der Waals surface area contributed by atoms with Crippen LogP contribution in [0, 0.1) is 5.92 Å². The van der Waals surface area contributed by atoms with Crippen LogP contribution in [-0.4, -0.2) is 69.5 Å². The molecule has 37 heavy (non-hydrogen) atoms. The highest BCUT2D eigenvalue weighted by atomic mass is 16.2. The number of aromatic nitrogens is 1. The molecule has 2 saturated heterocycles. The molecule has 3 atom stereocenters. The van der Waals surface area contributed by atoms with E-state index >= 15 is 0 Å². The predicted molar refractivity (Wildman–Crippen MR) is 140 cm³/mol. The van der Waals surface area contributed by atoms with Gasteiger partial charge in [0.25, 0.3) is 11.8 Å². The number of likely N-dealkylation sites (tertiary alicyclic amines) is 2. The van der Waals surface area contributed by atoms with Gasteiger partial charge < -0.3 is 15.1 Å². The van der Waals surface area contributed by atoms with Crippen molar-refractivity contribution in [2.45, 2.75) is 71.0 Å². The molecule has 8 nitrogen and oxygen atoms in total. The Morgan fingerprint density at radius 2 is 1.65 bits per heavy atom. The molecule has 2 aliphatic heterocycles. The minimum atomic E-state index is -0.758. The third-order valence-electron chi connectivity index (χ3n) is 7.22. The fraction of sp³-hybridized carbons (Fsp3) is 0.483. The zero-order valence-electron chi connectivity index (χ0n) is 22.2. The number of fused-ring (bicyclic) bond motifs is 1.